The summed E-state index contributed by atoms with van der Waals surface area (Å²) in [5.41, 5.74) is 0.578. The van der Waals surface area contributed by atoms with E-state index in [0.29, 0.717) is 5.41 Å². The van der Waals surface area contributed by atoms with E-state index in [1.807, 2.05) is 0 Å². The summed E-state index contributed by atoms with van der Waals surface area (Å²) in [6.07, 6.45) is 6.93. The third kappa shape index (κ3) is 3.21. The Labute approximate surface area is 101 Å². The molecular weight excluding hydrogens is 196 g/mol. The van der Waals surface area contributed by atoms with Gasteiger partial charge in [-0.1, -0.05) is 13.8 Å². The van der Waals surface area contributed by atoms with Crippen molar-refractivity contribution < 1.29 is 0 Å². The maximum atomic E-state index is 3.77. The second-order valence-corrected chi connectivity index (χ2v) is 6.60. The van der Waals surface area contributed by atoms with Crippen molar-refractivity contribution in [1.29, 1.82) is 0 Å². The largest absolute Gasteiger partial charge is 0.312 e. The van der Waals surface area contributed by atoms with Gasteiger partial charge in [-0.2, -0.15) is 0 Å². The minimum atomic E-state index is 0.578. The van der Waals surface area contributed by atoms with E-state index in [0.717, 1.165) is 12.1 Å². The van der Waals surface area contributed by atoms with Gasteiger partial charge in [-0.3, -0.25) is 4.90 Å². The highest BCUT2D eigenvalue weighted by Gasteiger charge is 2.30. The summed E-state index contributed by atoms with van der Waals surface area (Å²) < 4.78 is 0. The van der Waals surface area contributed by atoms with Crippen molar-refractivity contribution in [2.45, 2.75) is 65.0 Å². The predicted octanol–water partition coefficient (Wildman–Crippen LogP) is 2.64. The van der Waals surface area contributed by atoms with E-state index >= 15 is 0 Å². The first-order valence-electron chi connectivity index (χ1n) is 7.04. The molecule has 2 heteroatoms. The van der Waals surface area contributed by atoms with Gasteiger partial charge in [0.25, 0.3) is 0 Å². The van der Waals surface area contributed by atoms with E-state index < -0.39 is 0 Å². The molecule has 0 aromatic carbocycles. The summed E-state index contributed by atoms with van der Waals surface area (Å²) in [6.45, 7) is 11.0. The molecule has 2 rings (SSSR count). The molecule has 2 aliphatic rings. The Hall–Kier alpha value is -0.0800. The smallest absolute Gasteiger partial charge is 0.0192 e. The molecule has 1 heterocycles. The second-order valence-electron chi connectivity index (χ2n) is 6.60. The molecule has 0 spiro atoms. The zero-order chi connectivity index (χ0) is 11.6. The van der Waals surface area contributed by atoms with Crippen molar-refractivity contribution in [2.75, 3.05) is 19.6 Å². The number of hydrogen-bond acceptors (Lipinski definition) is 2. The van der Waals surface area contributed by atoms with Gasteiger partial charge in [0, 0.05) is 18.6 Å². The van der Waals surface area contributed by atoms with E-state index in [1.54, 1.807) is 0 Å². The van der Waals surface area contributed by atoms with Gasteiger partial charge in [-0.15, -0.1) is 0 Å². The molecule has 0 amide bonds. The molecule has 1 aliphatic carbocycles. The Morgan fingerprint density at radius 3 is 2.56 bits per heavy atom. The van der Waals surface area contributed by atoms with Crippen LogP contribution in [0.15, 0.2) is 0 Å². The van der Waals surface area contributed by atoms with Crippen LogP contribution < -0.4 is 5.32 Å². The Kier molecular flexibility index (Phi) is 3.91. The number of hydrogen-bond donors (Lipinski definition) is 1. The van der Waals surface area contributed by atoms with Gasteiger partial charge >= 0.3 is 0 Å². The highest BCUT2D eigenvalue weighted by atomic mass is 15.2. The maximum absolute atomic E-state index is 3.77. The summed E-state index contributed by atoms with van der Waals surface area (Å²) in [5, 5.41) is 3.77. The summed E-state index contributed by atoms with van der Waals surface area (Å²) in [6, 6.07) is 1.51. The van der Waals surface area contributed by atoms with Gasteiger partial charge in [-0.25, -0.2) is 0 Å². The van der Waals surface area contributed by atoms with Crippen LogP contribution in [0, 0.1) is 5.41 Å². The van der Waals surface area contributed by atoms with E-state index in [2.05, 4.69) is 31.0 Å². The molecule has 94 valence electrons. The highest BCUT2D eigenvalue weighted by Crippen LogP contribution is 2.36. The number of rotatable bonds is 4. The number of nitrogens with zero attached hydrogens (tertiary/aromatic N) is 1. The summed E-state index contributed by atoms with van der Waals surface area (Å²) in [4.78, 5) is 2.63. The minimum Gasteiger partial charge on any atom is -0.312 e. The highest BCUT2D eigenvalue weighted by molar-refractivity contribution is 4.87. The fourth-order valence-corrected chi connectivity index (χ4v) is 3.26. The molecule has 0 bridgehead atoms. The van der Waals surface area contributed by atoms with Gasteiger partial charge in [0.1, 0.15) is 0 Å². The summed E-state index contributed by atoms with van der Waals surface area (Å²) in [7, 11) is 0. The maximum Gasteiger partial charge on any atom is 0.0192 e. The van der Waals surface area contributed by atoms with Crippen molar-refractivity contribution in [1.82, 2.24) is 10.2 Å². The monoisotopic (exact) mass is 224 g/mol. The predicted molar refractivity (Wildman–Crippen MR) is 69.7 cm³/mol. The van der Waals surface area contributed by atoms with E-state index in [4.69, 9.17) is 0 Å². The van der Waals surface area contributed by atoms with Crippen LogP contribution in [0.3, 0.4) is 0 Å². The molecule has 1 saturated heterocycles. The van der Waals surface area contributed by atoms with Gasteiger partial charge < -0.3 is 5.32 Å². The zero-order valence-corrected chi connectivity index (χ0v) is 11.3. The Balaban J connectivity index is 1.67. The first-order chi connectivity index (χ1) is 7.57. The van der Waals surface area contributed by atoms with Crippen LogP contribution in [0.25, 0.3) is 0 Å². The molecule has 2 nitrogen and oxygen atoms in total. The van der Waals surface area contributed by atoms with Crippen LogP contribution in [-0.2, 0) is 0 Å². The third-order valence-corrected chi connectivity index (χ3v) is 4.43. The first kappa shape index (κ1) is 12.4. The van der Waals surface area contributed by atoms with Gasteiger partial charge in [-0.05, 0) is 57.5 Å². The average molecular weight is 224 g/mol. The van der Waals surface area contributed by atoms with Crippen LogP contribution in [0.2, 0.25) is 0 Å². The van der Waals surface area contributed by atoms with Crippen LogP contribution in [-0.4, -0.2) is 36.6 Å². The fraction of sp³-hybridized carbons (Fsp3) is 1.00. The fourth-order valence-electron chi connectivity index (χ4n) is 3.26. The van der Waals surface area contributed by atoms with Gasteiger partial charge in [0.05, 0.1) is 0 Å². The van der Waals surface area contributed by atoms with Crippen molar-refractivity contribution >= 4 is 0 Å². The standard InChI is InChI=1S/C14H28N2/c1-12(16-8-4-5-9-16)11-15-13-6-7-14(2,3)10-13/h12-13,15H,4-11H2,1-3H3. The molecule has 0 aromatic rings. The Morgan fingerprint density at radius 2 is 2.00 bits per heavy atom. The second kappa shape index (κ2) is 5.05. The van der Waals surface area contributed by atoms with Crippen LogP contribution >= 0.6 is 0 Å². The molecule has 1 N–H and O–H groups in total. The lowest BCUT2D eigenvalue weighted by Crippen LogP contribution is -2.41. The van der Waals surface area contributed by atoms with E-state index in [1.165, 1.54) is 51.7 Å². The average Bonchev–Trinajstić information content (AvgIpc) is 2.83. The molecule has 2 fully saturated rings. The third-order valence-electron chi connectivity index (χ3n) is 4.43. The summed E-state index contributed by atoms with van der Waals surface area (Å²) in [5.74, 6) is 0. The van der Waals surface area contributed by atoms with Crippen molar-refractivity contribution in [3.8, 4) is 0 Å². The number of likely N-dealkylation sites (tertiary alicyclic amines) is 1. The first-order valence-corrected chi connectivity index (χ1v) is 7.04. The molecule has 0 radical (unpaired) electrons. The zero-order valence-electron chi connectivity index (χ0n) is 11.3. The van der Waals surface area contributed by atoms with Crippen LogP contribution in [0.4, 0.5) is 0 Å². The van der Waals surface area contributed by atoms with Crippen molar-refractivity contribution in [3.63, 3.8) is 0 Å². The van der Waals surface area contributed by atoms with E-state index in [9.17, 15) is 0 Å². The van der Waals surface area contributed by atoms with Gasteiger partial charge in [0.15, 0.2) is 0 Å². The van der Waals surface area contributed by atoms with Crippen LogP contribution in [0.5, 0.6) is 0 Å². The number of nitrogens with one attached hydrogen (secondary N) is 1. The molecule has 1 aliphatic heterocycles. The van der Waals surface area contributed by atoms with Gasteiger partial charge in [0.2, 0.25) is 0 Å². The van der Waals surface area contributed by atoms with Crippen LogP contribution in [0.1, 0.15) is 52.9 Å². The SMILES string of the molecule is CC(CNC1CCC(C)(C)C1)N1CCCC1. The summed E-state index contributed by atoms with van der Waals surface area (Å²) >= 11 is 0. The quantitative estimate of drug-likeness (QED) is 0.790. The van der Waals surface area contributed by atoms with E-state index in [-0.39, 0.29) is 0 Å². The molecule has 2 atom stereocenters. The normalized spacial score (nSPS) is 32.1. The minimum absolute atomic E-state index is 0.578. The lowest BCUT2D eigenvalue weighted by Gasteiger charge is -2.26. The van der Waals surface area contributed by atoms with Crippen molar-refractivity contribution in [3.05, 3.63) is 0 Å². The lowest BCUT2D eigenvalue weighted by atomic mass is 9.92. The Morgan fingerprint density at radius 1 is 1.31 bits per heavy atom. The molecule has 0 aromatic heterocycles. The molecule has 2 unspecified atom stereocenters. The Bertz CT molecular complexity index is 217. The van der Waals surface area contributed by atoms with Crippen molar-refractivity contribution in [2.24, 2.45) is 5.41 Å². The molecular formula is C14H28N2. The molecule has 16 heavy (non-hydrogen) atoms. The lowest BCUT2D eigenvalue weighted by molar-refractivity contribution is 0.243. The topological polar surface area (TPSA) is 15.3 Å². The molecule has 1 saturated carbocycles.